The molecule has 0 aliphatic rings. The van der Waals surface area contributed by atoms with Crippen LogP contribution in [-0.4, -0.2) is 17.7 Å². The van der Waals surface area contributed by atoms with Crippen molar-refractivity contribution in [3.63, 3.8) is 0 Å². The fraction of sp³-hybridized carbons (Fsp3) is 0.333. The Kier molecular flexibility index (Phi) is 5.44. The van der Waals surface area contributed by atoms with Crippen molar-refractivity contribution in [1.29, 1.82) is 5.26 Å². The molecule has 3 nitrogen and oxygen atoms in total. The summed E-state index contributed by atoms with van der Waals surface area (Å²) in [5.41, 5.74) is 0. The van der Waals surface area contributed by atoms with Crippen LogP contribution in [0, 0.1) is 11.3 Å². The number of nitrogens with zero attached hydrogens (tertiary/aromatic N) is 1. The van der Waals surface area contributed by atoms with Gasteiger partial charge in [0.1, 0.15) is 6.04 Å². The monoisotopic (exact) mass is 234 g/mol. The Hall–Kier alpha value is -1.47. The van der Waals surface area contributed by atoms with Crippen molar-refractivity contribution in [2.75, 3.05) is 5.75 Å². The summed E-state index contributed by atoms with van der Waals surface area (Å²) in [6, 6.07) is 11.5. The minimum Gasteiger partial charge on any atom is -0.341 e. The largest absolute Gasteiger partial charge is 0.341 e. The second kappa shape index (κ2) is 6.91. The van der Waals surface area contributed by atoms with E-state index in [4.69, 9.17) is 5.26 Å². The molecule has 1 aromatic rings. The van der Waals surface area contributed by atoms with Crippen molar-refractivity contribution in [1.82, 2.24) is 5.32 Å². The number of thioether (sulfide) groups is 1. The zero-order valence-corrected chi connectivity index (χ0v) is 9.96. The average Bonchev–Trinajstić information content (AvgIpc) is 2.30. The molecule has 0 heterocycles. The highest BCUT2D eigenvalue weighted by molar-refractivity contribution is 7.99. The first-order chi connectivity index (χ1) is 7.72. The van der Waals surface area contributed by atoms with Crippen LogP contribution in [0.3, 0.4) is 0 Å². The van der Waals surface area contributed by atoms with Gasteiger partial charge in [-0.1, -0.05) is 18.2 Å². The first kappa shape index (κ1) is 12.6. The normalized spacial score (nSPS) is 11.5. The van der Waals surface area contributed by atoms with E-state index in [1.807, 2.05) is 36.4 Å². The molecular formula is C12H14N2OS. The summed E-state index contributed by atoms with van der Waals surface area (Å²) in [5, 5.41) is 11.1. The zero-order valence-electron chi connectivity index (χ0n) is 9.14. The number of nitriles is 1. The van der Waals surface area contributed by atoms with E-state index in [-0.39, 0.29) is 5.91 Å². The molecule has 84 valence electrons. The number of benzene rings is 1. The van der Waals surface area contributed by atoms with Crippen LogP contribution in [0.5, 0.6) is 0 Å². The van der Waals surface area contributed by atoms with E-state index >= 15 is 0 Å². The molecule has 0 saturated heterocycles. The van der Waals surface area contributed by atoms with E-state index < -0.39 is 6.04 Å². The molecule has 0 aromatic heterocycles. The van der Waals surface area contributed by atoms with E-state index in [0.717, 1.165) is 10.6 Å². The maximum Gasteiger partial charge on any atom is 0.221 e. The fourth-order valence-electron chi connectivity index (χ4n) is 1.12. The number of amides is 1. The average molecular weight is 234 g/mol. The van der Waals surface area contributed by atoms with Gasteiger partial charge in [-0.15, -0.1) is 11.8 Å². The highest BCUT2D eigenvalue weighted by Gasteiger charge is 2.05. The summed E-state index contributed by atoms with van der Waals surface area (Å²) >= 11 is 1.64. The molecule has 1 atom stereocenters. The number of nitrogens with one attached hydrogen (secondary N) is 1. The summed E-state index contributed by atoms with van der Waals surface area (Å²) in [7, 11) is 0. The smallest absolute Gasteiger partial charge is 0.221 e. The molecule has 16 heavy (non-hydrogen) atoms. The lowest BCUT2D eigenvalue weighted by atomic mass is 10.3. The summed E-state index contributed by atoms with van der Waals surface area (Å²) in [6.07, 6.45) is 0.436. The van der Waals surface area contributed by atoms with Gasteiger partial charge in [0.15, 0.2) is 0 Å². The quantitative estimate of drug-likeness (QED) is 0.795. The molecular weight excluding hydrogens is 220 g/mol. The second-order valence-corrected chi connectivity index (χ2v) is 4.50. The number of hydrogen-bond acceptors (Lipinski definition) is 3. The molecule has 1 rings (SSSR count). The maximum absolute atomic E-state index is 11.3. The van der Waals surface area contributed by atoms with Gasteiger partial charge in [-0.05, 0) is 19.1 Å². The Bertz CT molecular complexity index is 372. The molecule has 0 saturated carbocycles. The van der Waals surface area contributed by atoms with Crippen LogP contribution in [0.15, 0.2) is 35.2 Å². The SMILES string of the molecule is CC(C#N)NC(=O)CCSc1ccccc1. The van der Waals surface area contributed by atoms with Crippen molar-refractivity contribution in [3.05, 3.63) is 30.3 Å². The summed E-state index contributed by atoms with van der Waals surface area (Å²) in [5.74, 6) is 0.658. The minimum atomic E-state index is -0.408. The number of carbonyl (C=O) groups excluding carboxylic acids is 1. The van der Waals surface area contributed by atoms with E-state index in [0.29, 0.717) is 6.42 Å². The van der Waals surface area contributed by atoms with Gasteiger partial charge in [0.2, 0.25) is 5.91 Å². The summed E-state index contributed by atoms with van der Waals surface area (Å²) in [4.78, 5) is 12.5. The second-order valence-electron chi connectivity index (χ2n) is 3.33. The molecule has 4 heteroatoms. The number of rotatable bonds is 5. The van der Waals surface area contributed by atoms with E-state index in [9.17, 15) is 4.79 Å². The fourth-order valence-corrected chi connectivity index (χ4v) is 2.00. The Labute approximate surface area is 99.8 Å². The minimum absolute atomic E-state index is 0.0718. The van der Waals surface area contributed by atoms with Crippen LogP contribution in [0.1, 0.15) is 13.3 Å². The predicted octanol–water partition coefficient (Wildman–Crippen LogP) is 2.20. The molecule has 1 amide bonds. The first-order valence-electron chi connectivity index (χ1n) is 5.09. The molecule has 0 fully saturated rings. The lowest BCUT2D eigenvalue weighted by molar-refractivity contribution is -0.120. The van der Waals surface area contributed by atoms with Crippen molar-refractivity contribution < 1.29 is 4.79 Å². The Balaban J connectivity index is 2.21. The number of hydrogen-bond donors (Lipinski definition) is 1. The third kappa shape index (κ3) is 4.85. The lowest BCUT2D eigenvalue weighted by Gasteiger charge is -2.05. The van der Waals surface area contributed by atoms with Crippen LogP contribution < -0.4 is 5.32 Å². The van der Waals surface area contributed by atoms with Gasteiger partial charge >= 0.3 is 0 Å². The topological polar surface area (TPSA) is 52.9 Å². The van der Waals surface area contributed by atoms with Crippen LogP contribution in [-0.2, 0) is 4.79 Å². The van der Waals surface area contributed by atoms with E-state index in [2.05, 4.69) is 5.32 Å². The third-order valence-corrected chi connectivity index (χ3v) is 2.93. The van der Waals surface area contributed by atoms with Crippen molar-refractivity contribution in [2.24, 2.45) is 0 Å². The molecule has 0 aliphatic heterocycles. The summed E-state index contributed by atoms with van der Waals surface area (Å²) in [6.45, 7) is 1.67. The lowest BCUT2D eigenvalue weighted by Crippen LogP contribution is -2.31. The van der Waals surface area contributed by atoms with Crippen LogP contribution in [0.25, 0.3) is 0 Å². The van der Waals surface area contributed by atoms with E-state index in [1.54, 1.807) is 18.7 Å². The van der Waals surface area contributed by atoms with Gasteiger partial charge in [-0.3, -0.25) is 4.79 Å². The Morgan fingerprint density at radius 1 is 1.50 bits per heavy atom. The third-order valence-electron chi connectivity index (χ3n) is 1.91. The highest BCUT2D eigenvalue weighted by atomic mass is 32.2. The summed E-state index contributed by atoms with van der Waals surface area (Å²) < 4.78 is 0. The standard InChI is InChI=1S/C12H14N2OS/c1-10(9-13)14-12(15)7-8-16-11-5-3-2-4-6-11/h2-6,10H,7-8H2,1H3,(H,14,15). The van der Waals surface area contributed by atoms with Crippen LogP contribution >= 0.6 is 11.8 Å². The van der Waals surface area contributed by atoms with Crippen molar-refractivity contribution in [2.45, 2.75) is 24.3 Å². The van der Waals surface area contributed by atoms with Crippen LogP contribution in [0.4, 0.5) is 0 Å². The van der Waals surface area contributed by atoms with Gasteiger partial charge in [0.25, 0.3) is 0 Å². The highest BCUT2D eigenvalue weighted by Crippen LogP contribution is 2.17. The zero-order chi connectivity index (χ0) is 11.8. The predicted molar refractivity (Wildman–Crippen MR) is 65.0 cm³/mol. The van der Waals surface area contributed by atoms with Gasteiger partial charge in [0, 0.05) is 17.1 Å². The Morgan fingerprint density at radius 3 is 2.81 bits per heavy atom. The van der Waals surface area contributed by atoms with Crippen molar-refractivity contribution in [3.8, 4) is 6.07 Å². The van der Waals surface area contributed by atoms with Gasteiger partial charge in [0.05, 0.1) is 6.07 Å². The van der Waals surface area contributed by atoms with Gasteiger partial charge in [-0.2, -0.15) is 5.26 Å². The first-order valence-corrected chi connectivity index (χ1v) is 6.08. The molecule has 1 unspecified atom stereocenters. The Morgan fingerprint density at radius 2 is 2.19 bits per heavy atom. The molecule has 1 N–H and O–H groups in total. The molecule has 1 aromatic carbocycles. The number of carbonyl (C=O) groups is 1. The van der Waals surface area contributed by atoms with Crippen LogP contribution in [0.2, 0.25) is 0 Å². The molecule has 0 aliphatic carbocycles. The van der Waals surface area contributed by atoms with Crippen molar-refractivity contribution >= 4 is 17.7 Å². The van der Waals surface area contributed by atoms with Gasteiger partial charge < -0.3 is 5.32 Å². The van der Waals surface area contributed by atoms with Gasteiger partial charge in [-0.25, -0.2) is 0 Å². The maximum atomic E-state index is 11.3. The molecule has 0 spiro atoms. The van der Waals surface area contributed by atoms with E-state index in [1.165, 1.54) is 0 Å². The molecule has 0 radical (unpaired) electrons. The molecule has 0 bridgehead atoms.